The number of benzene rings is 1. The van der Waals surface area contributed by atoms with Crippen molar-refractivity contribution in [3.63, 3.8) is 0 Å². The Labute approximate surface area is 172 Å². The summed E-state index contributed by atoms with van der Waals surface area (Å²) < 4.78 is 2.01. The summed E-state index contributed by atoms with van der Waals surface area (Å²) in [7, 11) is 0. The molecule has 1 unspecified atom stereocenters. The molecular weight excluding hydrogens is 390 g/mol. The van der Waals surface area contributed by atoms with Gasteiger partial charge in [0.15, 0.2) is 5.69 Å². The van der Waals surface area contributed by atoms with Gasteiger partial charge in [-0.2, -0.15) is 0 Å². The van der Waals surface area contributed by atoms with E-state index in [-0.39, 0.29) is 16.9 Å². The Morgan fingerprint density at radius 3 is 2.83 bits per heavy atom. The van der Waals surface area contributed by atoms with Crippen molar-refractivity contribution in [2.75, 3.05) is 5.32 Å². The van der Waals surface area contributed by atoms with Crippen LogP contribution in [0.5, 0.6) is 0 Å². The number of hydrogen-bond acceptors (Lipinski definition) is 5. The second-order valence-corrected chi connectivity index (χ2v) is 7.34. The summed E-state index contributed by atoms with van der Waals surface area (Å²) in [4.78, 5) is 24.9. The highest BCUT2D eigenvalue weighted by Gasteiger charge is 2.19. The maximum atomic E-state index is 11.6. The van der Waals surface area contributed by atoms with Crippen molar-refractivity contribution in [1.29, 1.82) is 0 Å². The predicted octanol–water partition coefficient (Wildman–Crippen LogP) is 4.67. The van der Waals surface area contributed by atoms with E-state index in [1.807, 2.05) is 24.4 Å². The second-order valence-electron chi connectivity index (χ2n) is 6.95. The smallest absolute Gasteiger partial charge is 0.356 e. The predicted molar refractivity (Wildman–Crippen MR) is 113 cm³/mol. The summed E-state index contributed by atoms with van der Waals surface area (Å²) in [6.07, 6.45) is 4.46. The Morgan fingerprint density at radius 2 is 2.10 bits per heavy atom. The quantitative estimate of drug-likeness (QED) is 0.465. The number of carbonyl (C=O) groups is 1. The van der Waals surface area contributed by atoms with Crippen LogP contribution in [-0.2, 0) is 6.42 Å². The molecule has 4 rings (SSSR count). The van der Waals surface area contributed by atoms with Gasteiger partial charge in [0.2, 0.25) is 0 Å². The zero-order valence-corrected chi connectivity index (χ0v) is 17.0. The van der Waals surface area contributed by atoms with Crippen LogP contribution in [0.25, 0.3) is 16.6 Å². The summed E-state index contributed by atoms with van der Waals surface area (Å²) in [5.41, 5.74) is 4.05. The average molecular weight is 410 g/mol. The van der Waals surface area contributed by atoms with Gasteiger partial charge in [0.05, 0.1) is 17.2 Å². The lowest BCUT2D eigenvalue weighted by atomic mass is 10.0. The van der Waals surface area contributed by atoms with Crippen molar-refractivity contribution in [2.24, 2.45) is 0 Å². The molecule has 8 heteroatoms. The number of hydrogen-bond donors (Lipinski definition) is 2. The lowest BCUT2D eigenvalue weighted by Gasteiger charge is -2.20. The van der Waals surface area contributed by atoms with Gasteiger partial charge in [-0.3, -0.25) is 4.40 Å². The summed E-state index contributed by atoms with van der Waals surface area (Å²) in [5, 5.41) is 13.8. The number of aryl methyl sites for hydroxylation is 2. The average Bonchev–Trinajstić information content (AvgIpc) is 3.18. The van der Waals surface area contributed by atoms with Crippen LogP contribution in [-0.4, -0.2) is 30.4 Å². The van der Waals surface area contributed by atoms with Crippen molar-refractivity contribution in [3.8, 4) is 0 Å². The summed E-state index contributed by atoms with van der Waals surface area (Å²) in [5.74, 6) is -0.219. The first kappa shape index (κ1) is 19.1. The molecule has 3 heterocycles. The number of aromatic nitrogens is 4. The van der Waals surface area contributed by atoms with E-state index in [0.717, 1.165) is 39.9 Å². The molecule has 1 atom stereocenters. The lowest BCUT2D eigenvalue weighted by Crippen LogP contribution is -2.13. The van der Waals surface area contributed by atoms with E-state index in [2.05, 4.69) is 34.3 Å². The summed E-state index contributed by atoms with van der Waals surface area (Å²) >= 11 is 5.87. The fraction of sp³-hybridized carbons (Fsp3) is 0.238. The fourth-order valence-electron chi connectivity index (χ4n) is 3.60. The number of rotatable bonds is 5. The van der Waals surface area contributed by atoms with Crippen LogP contribution < -0.4 is 5.32 Å². The Hall–Kier alpha value is -3.19. The third-order valence-electron chi connectivity index (χ3n) is 4.90. The van der Waals surface area contributed by atoms with Crippen molar-refractivity contribution in [3.05, 3.63) is 64.5 Å². The highest BCUT2D eigenvalue weighted by atomic mass is 35.5. The van der Waals surface area contributed by atoms with Crippen LogP contribution >= 0.6 is 11.6 Å². The molecule has 7 nitrogen and oxygen atoms in total. The maximum Gasteiger partial charge on any atom is 0.356 e. The van der Waals surface area contributed by atoms with Crippen LogP contribution in [0.3, 0.4) is 0 Å². The minimum Gasteiger partial charge on any atom is -0.476 e. The number of imidazole rings is 1. The molecule has 2 N–H and O–H groups in total. The molecule has 0 aliphatic carbocycles. The molecule has 0 radical (unpaired) electrons. The minimum absolute atomic E-state index is 0.112. The van der Waals surface area contributed by atoms with Gasteiger partial charge in [0.25, 0.3) is 0 Å². The van der Waals surface area contributed by atoms with E-state index >= 15 is 0 Å². The Morgan fingerprint density at radius 1 is 1.31 bits per heavy atom. The lowest BCUT2D eigenvalue weighted by molar-refractivity contribution is 0.0691. The van der Waals surface area contributed by atoms with E-state index in [9.17, 15) is 9.90 Å². The van der Waals surface area contributed by atoms with Gasteiger partial charge in [-0.15, -0.1) is 0 Å². The molecule has 0 bridgehead atoms. The third kappa shape index (κ3) is 3.38. The molecular formula is C21H20ClN5O2. The molecule has 0 spiro atoms. The molecule has 0 amide bonds. The SMILES string of the molecule is CCc1nc2c(C(C)Nc3ccc(Cl)nc3C(=O)O)cc(C)cc2c2nccn12. The number of carboxylic acid groups (broad SMARTS) is 1. The van der Waals surface area contributed by atoms with Crippen LogP contribution in [0, 0.1) is 6.92 Å². The number of nitrogens with one attached hydrogen (secondary N) is 1. The molecule has 0 saturated carbocycles. The highest BCUT2D eigenvalue weighted by molar-refractivity contribution is 6.29. The summed E-state index contributed by atoms with van der Waals surface area (Å²) in [6, 6.07) is 7.12. The van der Waals surface area contributed by atoms with Gasteiger partial charge in [-0.05, 0) is 37.6 Å². The molecule has 148 valence electrons. The molecule has 29 heavy (non-hydrogen) atoms. The van der Waals surface area contributed by atoms with E-state index in [4.69, 9.17) is 16.6 Å². The fourth-order valence-corrected chi connectivity index (χ4v) is 3.75. The molecule has 4 aromatic rings. The van der Waals surface area contributed by atoms with Gasteiger partial charge >= 0.3 is 5.97 Å². The van der Waals surface area contributed by atoms with E-state index in [1.165, 1.54) is 0 Å². The van der Waals surface area contributed by atoms with E-state index in [1.54, 1.807) is 18.3 Å². The topological polar surface area (TPSA) is 92.4 Å². The maximum absolute atomic E-state index is 11.6. The highest BCUT2D eigenvalue weighted by Crippen LogP contribution is 2.30. The number of carboxylic acids is 1. The zero-order chi connectivity index (χ0) is 20.7. The normalized spacial score (nSPS) is 12.4. The van der Waals surface area contributed by atoms with Gasteiger partial charge in [-0.1, -0.05) is 24.6 Å². The Bertz CT molecular complexity index is 1250. The Balaban J connectivity index is 1.87. The van der Waals surface area contributed by atoms with Crippen molar-refractivity contribution < 1.29 is 9.90 Å². The number of anilines is 1. The number of fused-ring (bicyclic) bond motifs is 3. The van der Waals surface area contributed by atoms with Crippen LogP contribution in [0.2, 0.25) is 5.15 Å². The van der Waals surface area contributed by atoms with Crippen LogP contribution in [0.4, 0.5) is 5.69 Å². The van der Waals surface area contributed by atoms with Crippen molar-refractivity contribution >= 4 is 39.8 Å². The molecule has 0 fully saturated rings. The third-order valence-corrected chi connectivity index (χ3v) is 5.11. The number of nitrogens with zero attached hydrogens (tertiary/aromatic N) is 4. The van der Waals surface area contributed by atoms with Crippen LogP contribution in [0.1, 0.15) is 47.3 Å². The molecule has 0 aliphatic rings. The summed E-state index contributed by atoms with van der Waals surface area (Å²) in [6.45, 7) is 6.05. The number of pyridine rings is 1. The minimum atomic E-state index is -1.14. The van der Waals surface area contributed by atoms with Crippen LogP contribution in [0.15, 0.2) is 36.7 Å². The number of halogens is 1. The largest absolute Gasteiger partial charge is 0.476 e. The zero-order valence-electron chi connectivity index (χ0n) is 16.3. The first-order valence-corrected chi connectivity index (χ1v) is 9.69. The second kappa shape index (κ2) is 7.33. The molecule has 3 aromatic heterocycles. The van der Waals surface area contributed by atoms with Gasteiger partial charge < -0.3 is 10.4 Å². The van der Waals surface area contributed by atoms with Crippen molar-refractivity contribution in [2.45, 2.75) is 33.2 Å². The Kier molecular flexibility index (Phi) is 4.84. The molecule has 0 saturated heterocycles. The monoisotopic (exact) mass is 409 g/mol. The van der Waals surface area contributed by atoms with Crippen molar-refractivity contribution in [1.82, 2.24) is 19.4 Å². The van der Waals surface area contributed by atoms with E-state index < -0.39 is 5.97 Å². The number of aromatic carboxylic acids is 1. The molecule has 1 aromatic carbocycles. The first-order valence-electron chi connectivity index (χ1n) is 9.31. The molecule has 0 aliphatic heterocycles. The van der Waals surface area contributed by atoms with Gasteiger partial charge in [0, 0.05) is 29.8 Å². The standard InChI is InChI=1S/C21H20ClN5O2/c1-4-17-26-18-13(9-11(2)10-14(18)20-23-7-8-27(17)20)12(3)24-15-5-6-16(22)25-19(15)21(28)29/h5-10,12,24H,4H2,1-3H3,(H,28,29). The van der Waals surface area contributed by atoms with Gasteiger partial charge in [-0.25, -0.2) is 19.7 Å². The van der Waals surface area contributed by atoms with E-state index in [0.29, 0.717) is 5.69 Å². The first-order chi connectivity index (χ1) is 13.9. The van der Waals surface area contributed by atoms with Gasteiger partial charge in [0.1, 0.15) is 16.6 Å².